The van der Waals surface area contributed by atoms with E-state index in [4.69, 9.17) is 0 Å². The lowest BCUT2D eigenvalue weighted by Gasteiger charge is -2.20. The highest BCUT2D eigenvalue weighted by atomic mass is 32.2. The van der Waals surface area contributed by atoms with E-state index in [1.165, 1.54) is 0 Å². The summed E-state index contributed by atoms with van der Waals surface area (Å²) >= 11 is 1.61. The lowest BCUT2D eigenvalue weighted by molar-refractivity contribution is -0.117. The molecule has 0 saturated heterocycles. The molecule has 1 atom stereocenters. The zero-order valence-electron chi connectivity index (χ0n) is 9.36. The molecule has 0 radical (unpaired) electrons. The van der Waals surface area contributed by atoms with E-state index >= 15 is 0 Å². The molecule has 0 saturated carbocycles. The normalized spacial score (nSPS) is 23.8. The predicted octanol–water partition coefficient (Wildman–Crippen LogP) is 2.38. The van der Waals surface area contributed by atoms with E-state index in [9.17, 15) is 4.79 Å². The summed E-state index contributed by atoms with van der Waals surface area (Å²) < 4.78 is 0. The fourth-order valence-corrected chi connectivity index (χ4v) is 2.82. The maximum atomic E-state index is 11.1. The number of hydrogen-bond acceptors (Lipinski definition) is 4. The van der Waals surface area contributed by atoms with Crippen LogP contribution in [0.4, 0.5) is 0 Å². The van der Waals surface area contributed by atoms with Gasteiger partial charge in [0.25, 0.3) is 0 Å². The first kappa shape index (κ1) is 11.2. The summed E-state index contributed by atoms with van der Waals surface area (Å²) in [7, 11) is 0. The van der Waals surface area contributed by atoms with Crippen LogP contribution in [-0.4, -0.2) is 15.7 Å². The lowest BCUT2D eigenvalue weighted by Crippen LogP contribution is -2.33. The van der Waals surface area contributed by atoms with E-state index in [1.54, 1.807) is 18.7 Å². The van der Waals surface area contributed by atoms with E-state index in [1.807, 2.05) is 37.3 Å². The second kappa shape index (κ2) is 4.29. The van der Waals surface area contributed by atoms with Gasteiger partial charge in [0.15, 0.2) is 0 Å². The Morgan fingerprint density at radius 1 is 1.44 bits per heavy atom. The highest BCUT2D eigenvalue weighted by Gasteiger charge is 2.33. The Kier molecular flexibility index (Phi) is 3.01. The third-order valence-electron chi connectivity index (χ3n) is 2.32. The molecule has 1 N–H and O–H groups in total. The molecule has 0 aliphatic carbocycles. The Balaban J connectivity index is 2.10. The molecule has 1 aromatic rings. The van der Waals surface area contributed by atoms with Crippen molar-refractivity contribution in [3.63, 3.8) is 0 Å². The minimum Gasteiger partial charge on any atom is -0.300 e. The molecule has 0 amide bonds. The maximum Gasteiger partial charge on any atom is 0.133 e. The quantitative estimate of drug-likeness (QED) is 0.873. The molecule has 0 bridgehead atoms. The van der Waals surface area contributed by atoms with Gasteiger partial charge in [-0.3, -0.25) is 10.2 Å². The van der Waals surface area contributed by atoms with Gasteiger partial charge in [-0.1, -0.05) is 42.1 Å². The number of rotatable bonds is 3. The van der Waals surface area contributed by atoms with Crippen molar-refractivity contribution in [2.24, 2.45) is 5.10 Å². The number of Topliss-reactive ketones (excluding diaryl/α,β-unsaturated/α-hetero) is 1. The van der Waals surface area contributed by atoms with Crippen molar-refractivity contribution in [3.8, 4) is 0 Å². The number of carbonyl (C=O) groups excluding carboxylic acids is 1. The highest BCUT2D eigenvalue weighted by Crippen LogP contribution is 2.34. The first-order valence-electron chi connectivity index (χ1n) is 5.18. The van der Waals surface area contributed by atoms with Gasteiger partial charge in [0, 0.05) is 12.0 Å². The van der Waals surface area contributed by atoms with Crippen LogP contribution in [0.2, 0.25) is 0 Å². The summed E-state index contributed by atoms with van der Waals surface area (Å²) in [5.74, 6) is 0.173. The van der Waals surface area contributed by atoms with Crippen LogP contribution in [0.1, 0.15) is 25.8 Å². The monoisotopic (exact) mass is 234 g/mol. The molecule has 3 nitrogen and oxygen atoms in total. The molecular formula is C12H14N2OS. The fourth-order valence-electron chi connectivity index (χ4n) is 1.68. The number of nitrogens with zero attached hydrogens (tertiary/aromatic N) is 1. The van der Waals surface area contributed by atoms with E-state index in [-0.39, 0.29) is 10.7 Å². The smallest absolute Gasteiger partial charge is 0.133 e. The molecule has 0 fully saturated rings. The van der Waals surface area contributed by atoms with Crippen molar-refractivity contribution >= 4 is 22.6 Å². The number of benzene rings is 1. The maximum absolute atomic E-state index is 11.1. The van der Waals surface area contributed by atoms with Crippen molar-refractivity contribution in [1.82, 2.24) is 5.43 Å². The molecule has 1 unspecified atom stereocenters. The lowest BCUT2D eigenvalue weighted by atomic mass is 10.2. The molecule has 16 heavy (non-hydrogen) atoms. The zero-order chi connectivity index (χ0) is 11.6. The molecule has 2 rings (SSSR count). The molecule has 1 heterocycles. The van der Waals surface area contributed by atoms with Crippen molar-refractivity contribution in [2.45, 2.75) is 25.1 Å². The molecule has 4 heteroatoms. The van der Waals surface area contributed by atoms with Crippen LogP contribution < -0.4 is 5.43 Å². The minimum absolute atomic E-state index is 0.173. The van der Waals surface area contributed by atoms with Crippen LogP contribution in [0.15, 0.2) is 35.4 Å². The van der Waals surface area contributed by atoms with Crippen LogP contribution in [0.5, 0.6) is 0 Å². The standard InChI is InChI=1S/C12H14N2OS/c1-9(15)8-12(2)14-13-11(16-12)10-6-4-3-5-7-10/h3-7,14H,8H2,1-2H3. The van der Waals surface area contributed by atoms with E-state index < -0.39 is 0 Å². The summed E-state index contributed by atoms with van der Waals surface area (Å²) in [6.45, 7) is 3.60. The van der Waals surface area contributed by atoms with Gasteiger partial charge in [-0.05, 0) is 13.8 Å². The molecule has 0 aromatic heterocycles. The number of hydrogen-bond donors (Lipinski definition) is 1. The topological polar surface area (TPSA) is 41.5 Å². The summed E-state index contributed by atoms with van der Waals surface area (Å²) in [4.78, 5) is 10.8. The second-order valence-corrected chi connectivity index (χ2v) is 5.60. The van der Waals surface area contributed by atoms with Crippen LogP contribution in [-0.2, 0) is 4.79 Å². The summed E-state index contributed by atoms with van der Waals surface area (Å²) in [6.07, 6.45) is 0.484. The van der Waals surface area contributed by atoms with Crippen molar-refractivity contribution in [1.29, 1.82) is 0 Å². The summed E-state index contributed by atoms with van der Waals surface area (Å²) in [6, 6.07) is 9.99. The Labute approximate surface area is 99.3 Å². The van der Waals surface area contributed by atoms with Crippen molar-refractivity contribution in [3.05, 3.63) is 35.9 Å². The van der Waals surface area contributed by atoms with Crippen LogP contribution >= 0.6 is 11.8 Å². The van der Waals surface area contributed by atoms with E-state index in [0.29, 0.717) is 6.42 Å². The average Bonchev–Trinajstić information content (AvgIpc) is 2.61. The number of carbonyl (C=O) groups is 1. The van der Waals surface area contributed by atoms with Gasteiger partial charge in [-0.25, -0.2) is 0 Å². The highest BCUT2D eigenvalue weighted by molar-refractivity contribution is 8.15. The molecule has 84 valence electrons. The van der Waals surface area contributed by atoms with Crippen molar-refractivity contribution in [2.75, 3.05) is 0 Å². The van der Waals surface area contributed by atoms with Gasteiger partial charge in [0.05, 0.1) is 0 Å². The van der Waals surface area contributed by atoms with Gasteiger partial charge in [-0.15, -0.1) is 0 Å². The van der Waals surface area contributed by atoms with Gasteiger partial charge in [0.1, 0.15) is 15.7 Å². The summed E-state index contributed by atoms with van der Waals surface area (Å²) in [5, 5.41) is 5.24. The van der Waals surface area contributed by atoms with Gasteiger partial charge >= 0.3 is 0 Å². The molecule has 0 spiro atoms. The van der Waals surface area contributed by atoms with Gasteiger partial charge in [0.2, 0.25) is 0 Å². The molecule has 1 aliphatic rings. The SMILES string of the molecule is CC(=O)CC1(C)NN=C(c2ccccc2)S1. The Hall–Kier alpha value is -1.29. The second-order valence-electron chi connectivity index (χ2n) is 4.11. The third kappa shape index (κ3) is 2.44. The number of thioether (sulfide) groups is 1. The predicted molar refractivity (Wildman–Crippen MR) is 67.4 cm³/mol. The zero-order valence-corrected chi connectivity index (χ0v) is 10.2. The number of ketones is 1. The van der Waals surface area contributed by atoms with E-state index in [0.717, 1.165) is 10.6 Å². The van der Waals surface area contributed by atoms with Crippen LogP contribution in [0.25, 0.3) is 0 Å². The van der Waals surface area contributed by atoms with E-state index in [2.05, 4.69) is 10.5 Å². The fraction of sp³-hybridized carbons (Fsp3) is 0.333. The Morgan fingerprint density at radius 3 is 2.75 bits per heavy atom. The first-order valence-corrected chi connectivity index (χ1v) is 5.99. The number of hydrazone groups is 1. The van der Waals surface area contributed by atoms with Crippen molar-refractivity contribution < 1.29 is 4.79 Å². The average molecular weight is 234 g/mol. The van der Waals surface area contributed by atoms with Gasteiger partial charge in [-0.2, -0.15) is 5.10 Å². The van der Waals surface area contributed by atoms with Crippen LogP contribution in [0.3, 0.4) is 0 Å². The Morgan fingerprint density at radius 2 is 2.12 bits per heavy atom. The summed E-state index contributed by atoms with van der Waals surface area (Å²) in [5.41, 5.74) is 4.13. The first-order chi connectivity index (χ1) is 7.59. The number of nitrogens with one attached hydrogen (secondary N) is 1. The minimum atomic E-state index is -0.295. The Bertz CT molecular complexity index is 430. The molecule has 1 aliphatic heterocycles. The van der Waals surface area contributed by atoms with Gasteiger partial charge < -0.3 is 0 Å². The molecular weight excluding hydrogens is 220 g/mol. The molecule has 1 aromatic carbocycles. The largest absolute Gasteiger partial charge is 0.300 e. The third-order valence-corrected chi connectivity index (χ3v) is 3.53. The van der Waals surface area contributed by atoms with Crippen LogP contribution in [0, 0.1) is 0 Å².